The van der Waals surface area contributed by atoms with E-state index >= 15 is 0 Å². The van der Waals surface area contributed by atoms with Gasteiger partial charge in [-0.1, -0.05) is 58.3 Å². The lowest BCUT2D eigenvalue weighted by atomic mass is 10.00. The summed E-state index contributed by atoms with van der Waals surface area (Å²) >= 11 is 0. The number of carbonyl (C=O) groups is 1. The maximum atomic E-state index is 10.8. The third-order valence-corrected chi connectivity index (χ3v) is 4.64. The number of unbranched alkanes of at least 4 members (excludes halogenated alkanes) is 7. The number of rotatable bonds is 13. The van der Waals surface area contributed by atoms with Crippen molar-refractivity contribution in [3.05, 3.63) is 0 Å². The third-order valence-electron chi connectivity index (χ3n) is 4.64. The minimum Gasteiger partial charge on any atom is -0.481 e. The van der Waals surface area contributed by atoms with Crippen LogP contribution in [0.4, 0.5) is 0 Å². The summed E-state index contributed by atoms with van der Waals surface area (Å²) < 4.78 is 5.41. The van der Waals surface area contributed by atoms with Gasteiger partial charge in [0.05, 0.1) is 13.2 Å². The molecule has 22 heavy (non-hydrogen) atoms. The van der Waals surface area contributed by atoms with E-state index in [9.17, 15) is 4.79 Å². The zero-order chi connectivity index (χ0) is 16.0. The van der Waals surface area contributed by atoms with Crippen LogP contribution >= 0.6 is 0 Å². The smallest absolute Gasteiger partial charge is 0.303 e. The van der Waals surface area contributed by atoms with Crippen LogP contribution < -0.4 is 0 Å². The highest BCUT2D eigenvalue weighted by molar-refractivity contribution is 5.66. The first-order valence-electron chi connectivity index (χ1n) is 9.27. The van der Waals surface area contributed by atoms with E-state index in [2.05, 4.69) is 11.8 Å². The van der Waals surface area contributed by atoms with Crippen LogP contribution in [0.3, 0.4) is 0 Å². The second-order valence-electron chi connectivity index (χ2n) is 6.50. The molecule has 1 fully saturated rings. The largest absolute Gasteiger partial charge is 0.481 e. The number of ether oxygens (including phenoxy) is 1. The summed E-state index contributed by atoms with van der Waals surface area (Å²) in [6.07, 6.45) is 12.9. The standard InChI is InChI=1S/C18H35NO3/c1-2-3-4-5-6-7-8-9-10-17(11-12-18(20)21)19-13-15-22-16-14-19/h17H,2-16H2,1H3,(H,20,21). The van der Waals surface area contributed by atoms with Gasteiger partial charge >= 0.3 is 5.97 Å². The van der Waals surface area contributed by atoms with Gasteiger partial charge in [-0.3, -0.25) is 9.69 Å². The zero-order valence-electron chi connectivity index (χ0n) is 14.4. The Labute approximate surface area is 136 Å². The summed E-state index contributed by atoms with van der Waals surface area (Å²) in [5.74, 6) is -0.672. The van der Waals surface area contributed by atoms with Gasteiger partial charge in [0.1, 0.15) is 0 Å². The zero-order valence-corrected chi connectivity index (χ0v) is 14.4. The van der Waals surface area contributed by atoms with Gasteiger partial charge in [-0.15, -0.1) is 0 Å². The summed E-state index contributed by atoms with van der Waals surface area (Å²) in [6.45, 7) is 5.76. The molecule has 1 aliphatic heterocycles. The van der Waals surface area contributed by atoms with Gasteiger partial charge < -0.3 is 9.84 Å². The average Bonchev–Trinajstić information content (AvgIpc) is 2.53. The number of nitrogens with zero attached hydrogens (tertiary/aromatic N) is 1. The van der Waals surface area contributed by atoms with Gasteiger partial charge in [0.15, 0.2) is 0 Å². The summed E-state index contributed by atoms with van der Waals surface area (Å²) in [4.78, 5) is 13.3. The summed E-state index contributed by atoms with van der Waals surface area (Å²) in [7, 11) is 0. The normalized spacial score (nSPS) is 17.5. The second kappa shape index (κ2) is 12.9. The Bertz CT molecular complexity index is 278. The first-order valence-corrected chi connectivity index (χ1v) is 9.27. The highest BCUT2D eigenvalue weighted by atomic mass is 16.5. The lowest BCUT2D eigenvalue weighted by Gasteiger charge is -2.34. The molecule has 1 N–H and O–H groups in total. The molecule has 0 aliphatic carbocycles. The van der Waals surface area contributed by atoms with Crippen LogP contribution in [0.25, 0.3) is 0 Å². The molecule has 1 atom stereocenters. The van der Waals surface area contributed by atoms with Crippen LogP contribution in [-0.2, 0) is 9.53 Å². The van der Waals surface area contributed by atoms with Crippen molar-refractivity contribution in [1.29, 1.82) is 0 Å². The fourth-order valence-electron chi connectivity index (χ4n) is 3.26. The van der Waals surface area contributed by atoms with Gasteiger partial charge in [-0.2, -0.15) is 0 Å². The lowest BCUT2D eigenvalue weighted by Crippen LogP contribution is -2.43. The first kappa shape index (κ1) is 19.4. The van der Waals surface area contributed by atoms with E-state index in [0.29, 0.717) is 12.5 Å². The third kappa shape index (κ3) is 9.42. The van der Waals surface area contributed by atoms with E-state index < -0.39 is 5.97 Å². The van der Waals surface area contributed by atoms with E-state index in [1.165, 1.54) is 51.4 Å². The fourth-order valence-corrected chi connectivity index (χ4v) is 3.26. The van der Waals surface area contributed by atoms with E-state index in [-0.39, 0.29) is 0 Å². The van der Waals surface area contributed by atoms with Gasteiger partial charge in [0.25, 0.3) is 0 Å². The Hall–Kier alpha value is -0.610. The Kier molecular flexibility index (Phi) is 11.4. The maximum Gasteiger partial charge on any atom is 0.303 e. The highest BCUT2D eigenvalue weighted by Crippen LogP contribution is 2.18. The summed E-state index contributed by atoms with van der Waals surface area (Å²) in [5.41, 5.74) is 0. The molecule has 1 rings (SSSR count). The van der Waals surface area contributed by atoms with Gasteiger partial charge in [-0.25, -0.2) is 0 Å². The van der Waals surface area contributed by atoms with Crippen molar-refractivity contribution in [2.24, 2.45) is 0 Å². The molecule has 0 spiro atoms. The molecule has 0 aromatic carbocycles. The predicted octanol–water partition coefficient (Wildman–Crippen LogP) is 4.08. The molecular formula is C18H35NO3. The molecule has 0 aromatic heterocycles. The molecule has 4 heteroatoms. The van der Waals surface area contributed by atoms with Crippen molar-refractivity contribution >= 4 is 5.97 Å². The molecule has 0 saturated carbocycles. The maximum absolute atomic E-state index is 10.8. The van der Waals surface area contributed by atoms with Crippen LogP contribution in [0.1, 0.15) is 77.6 Å². The molecule has 1 aliphatic rings. The molecular weight excluding hydrogens is 278 g/mol. The molecule has 1 unspecified atom stereocenters. The van der Waals surface area contributed by atoms with Crippen molar-refractivity contribution in [2.45, 2.75) is 83.6 Å². The lowest BCUT2D eigenvalue weighted by molar-refractivity contribution is -0.137. The topological polar surface area (TPSA) is 49.8 Å². The van der Waals surface area contributed by atoms with Crippen molar-refractivity contribution in [3.63, 3.8) is 0 Å². The van der Waals surface area contributed by atoms with Crippen molar-refractivity contribution < 1.29 is 14.6 Å². The quantitative estimate of drug-likeness (QED) is 0.520. The van der Waals surface area contributed by atoms with Crippen LogP contribution in [0.2, 0.25) is 0 Å². The molecule has 130 valence electrons. The average molecular weight is 313 g/mol. The number of carboxylic acids is 1. The van der Waals surface area contributed by atoms with Gasteiger partial charge in [-0.05, 0) is 12.8 Å². The number of aliphatic carboxylic acids is 1. The molecule has 0 bridgehead atoms. The van der Waals surface area contributed by atoms with E-state index in [1.807, 2.05) is 0 Å². The predicted molar refractivity (Wildman–Crippen MR) is 90.3 cm³/mol. The Morgan fingerprint density at radius 3 is 2.18 bits per heavy atom. The molecule has 1 heterocycles. The van der Waals surface area contributed by atoms with E-state index in [1.54, 1.807) is 0 Å². The first-order chi connectivity index (χ1) is 10.7. The van der Waals surface area contributed by atoms with Crippen molar-refractivity contribution in [2.75, 3.05) is 26.3 Å². The molecule has 0 radical (unpaired) electrons. The van der Waals surface area contributed by atoms with Crippen molar-refractivity contribution in [1.82, 2.24) is 4.90 Å². The molecule has 4 nitrogen and oxygen atoms in total. The molecule has 0 aromatic rings. The van der Waals surface area contributed by atoms with Crippen molar-refractivity contribution in [3.8, 4) is 0 Å². The van der Waals surface area contributed by atoms with Crippen LogP contribution in [0.15, 0.2) is 0 Å². The van der Waals surface area contributed by atoms with E-state index in [0.717, 1.165) is 39.1 Å². The summed E-state index contributed by atoms with van der Waals surface area (Å²) in [6, 6.07) is 0.431. The number of hydrogen-bond acceptors (Lipinski definition) is 3. The number of carboxylic acid groups (broad SMARTS) is 1. The van der Waals surface area contributed by atoms with Gasteiger partial charge in [0, 0.05) is 25.6 Å². The highest BCUT2D eigenvalue weighted by Gasteiger charge is 2.21. The Balaban J connectivity index is 2.15. The van der Waals surface area contributed by atoms with Crippen LogP contribution in [0.5, 0.6) is 0 Å². The molecule has 1 saturated heterocycles. The second-order valence-corrected chi connectivity index (χ2v) is 6.50. The Morgan fingerprint density at radius 2 is 1.59 bits per heavy atom. The minimum absolute atomic E-state index is 0.291. The minimum atomic E-state index is -0.672. The van der Waals surface area contributed by atoms with E-state index in [4.69, 9.17) is 9.84 Å². The number of hydrogen-bond donors (Lipinski definition) is 1. The van der Waals surface area contributed by atoms with Crippen LogP contribution in [-0.4, -0.2) is 48.3 Å². The Morgan fingerprint density at radius 1 is 1.00 bits per heavy atom. The monoisotopic (exact) mass is 313 g/mol. The van der Waals surface area contributed by atoms with Gasteiger partial charge in [0.2, 0.25) is 0 Å². The SMILES string of the molecule is CCCCCCCCCCC(CCC(=O)O)N1CCOCC1. The van der Waals surface area contributed by atoms with Crippen LogP contribution in [0, 0.1) is 0 Å². The fraction of sp³-hybridized carbons (Fsp3) is 0.944. The molecule has 0 amide bonds. The summed E-state index contributed by atoms with van der Waals surface area (Å²) in [5, 5.41) is 8.93. The number of morpholine rings is 1.